The van der Waals surface area contributed by atoms with Crippen LogP contribution in [0.3, 0.4) is 0 Å². The summed E-state index contributed by atoms with van der Waals surface area (Å²) >= 11 is 0. The second-order valence-corrected chi connectivity index (χ2v) is 9.67. The molecule has 0 aromatic heterocycles. The number of carbonyl (C=O) groups is 2. The van der Waals surface area contributed by atoms with Gasteiger partial charge < -0.3 is 9.59 Å². The fourth-order valence-corrected chi connectivity index (χ4v) is 3.89. The number of carbonyl (C=O) groups excluding carboxylic acids is 2. The van der Waals surface area contributed by atoms with Crippen LogP contribution in [0, 0.1) is 0 Å². The lowest BCUT2D eigenvalue weighted by Crippen LogP contribution is -1.80. The lowest BCUT2D eigenvalue weighted by atomic mass is 10.1. The first-order valence-electron chi connectivity index (χ1n) is 15.0. The van der Waals surface area contributed by atoms with Crippen molar-refractivity contribution in [1.82, 2.24) is 0 Å². The van der Waals surface area contributed by atoms with Gasteiger partial charge in [-0.2, -0.15) is 0 Å². The van der Waals surface area contributed by atoms with Crippen LogP contribution in [0.2, 0.25) is 0 Å². The van der Waals surface area contributed by atoms with Crippen LogP contribution < -0.4 is 0 Å². The number of allylic oxidation sites excluding steroid dienone is 4. The van der Waals surface area contributed by atoms with E-state index in [0.717, 1.165) is 38.3 Å². The number of unbranched alkanes of at least 4 members (excludes halogenated alkanes) is 20. The van der Waals surface area contributed by atoms with E-state index in [2.05, 4.69) is 38.2 Å². The summed E-state index contributed by atoms with van der Waals surface area (Å²) in [6.07, 6.45) is 41.3. The molecular formula is C32H60O2. The number of hydrogen-bond donors (Lipinski definition) is 0. The third-order valence-electron chi connectivity index (χ3n) is 6.17. The van der Waals surface area contributed by atoms with Crippen molar-refractivity contribution in [2.45, 2.75) is 168 Å². The Kier molecular flexibility index (Phi) is 37.4. The molecule has 0 heterocycles. The summed E-state index contributed by atoms with van der Waals surface area (Å²) in [7, 11) is 0. The minimum absolute atomic E-state index is 0.738. The molecule has 0 amide bonds. The summed E-state index contributed by atoms with van der Waals surface area (Å²) < 4.78 is 0. The van der Waals surface area contributed by atoms with Crippen molar-refractivity contribution in [3.05, 3.63) is 24.3 Å². The van der Waals surface area contributed by atoms with E-state index in [4.69, 9.17) is 0 Å². The fourth-order valence-electron chi connectivity index (χ4n) is 3.89. The molecule has 0 bridgehead atoms. The van der Waals surface area contributed by atoms with E-state index in [1.807, 2.05) is 0 Å². The molecule has 0 spiro atoms. The van der Waals surface area contributed by atoms with Crippen LogP contribution in [0.25, 0.3) is 0 Å². The van der Waals surface area contributed by atoms with Crippen molar-refractivity contribution >= 4 is 12.6 Å². The highest BCUT2D eigenvalue weighted by molar-refractivity contribution is 5.49. The molecule has 0 unspecified atom stereocenters. The maximum Gasteiger partial charge on any atom is 0.119 e. The minimum atomic E-state index is 0.738. The SMILES string of the molecule is CCCCCC/C=C\CCCCCCCC=O.CCCCCCCC/C=C\CCCCCC=O. The van der Waals surface area contributed by atoms with Crippen molar-refractivity contribution in [3.8, 4) is 0 Å². The van der Waals surface area contributed by atoms with E-state index >= 15 is 0 Å². The average molecular weight is 477 g/mol. The number of aldehydes is 2. The smallest absolute Gasteiger partial charge is 0.119 e. The molecule has 0 aliphatic heterocycles. The largest absolute Gasteiger partial charge is 0.303 e. The van der Waals surface area contributed by atoms with E-state index in [1.165, 1.54) is 128 Å². The Labute approximate surface area is 214 Å². The molecule has 0 radical (unpaired) electrons. The van der Waals surface area contributed by atoms with Crippen LogP contribution in [0.1, 0.15) is 168 Å². The predicted molar refractivity (Wildman–Crippen MR) is 153 cm³/mol. The van der Waals surface area contributed by atoms with Gasteiger partial charge in [0, 0.05) is 12.8 Å². The van der Waals surface area contributed by atoms with E-state index < -0.39 is 0 Å². The van der Waals surface area contributed by atoms with Crippen molar-refractivity contribution < 1.29 is 9.59 Å². The summed E-state index contributed by atoms with van der Waals surface area (Å²) in [5.74, 6) is 0. The van der Waals surface area contributed by atoms with Gasteiger partial charge in [0.15, 0.2) is 0 Å². The Morgan fingerprint density at radius 2 is 0.559 bits per heavy atom. The van der Waals surface area contributed by atoms with Gasteiger partial charge in [0.1, 0.15) is 12.6 Å². The lowest BCUT2D eigenvalue weighted by Gasteiger charge is -1.98. The highest BCUT2D eigenvalue weighted by Gasteiger charge is 1.90. The summed E-state index contributed by atoms with van der Waals surface area (Å²) in [6.45, 7) is 4.52. The van der Waals surface area contributed by atoms with Gasteiger partial charge in [-0.1, -0.05) is 115 Å². The van der Waals surface area contributed by atoms with Crippen molar-refractivity contribution in [1.29, 1.82) is 0 Å². The standard InChI is InChI=1S/2C16H30O/c2*1-2-3-4-5-6-7-8-9-10-11-12-13-14-15-16-17/h9-10,16H,2-8,11-15H2,1H3;7-8,16H,2-6,9-15H2,1H3/b10-9-;8-7-. The molecule has 0 aliphatic rings. The molecule has 0 aliphatic carbocycles. The average Bonchev–Trinajstić information content (AvgIpc) is 2.85. The topological polar surface area (TPSA) is 34.1 Å². The van der Waals surface area contributed by atoms with Crippen molar-refractivity contribution in [2.24, 2.45) is 0 Å². The van der Waals surface area contributed by atoms with Crippen LogP contribution >= 0.6 is 0 Å². The molecule has 0 rings (SSSR count). The van der Waals surface area contributed by atoms with E-state index in [1.54, 1.807) is 0 Å². The normalized spacial score (nSPS) is 11.1. The van der Waals surface area contributed by atoms with Gasteiger partial charge in [-0.25, -0.2) is 0 Å². The summed E-state index contributed by atoms with van der Waals surface area (Å²) in [6, 6.07) is 0. The van der Waals surface area contributed by atoms with Crippen LogP contribution in [0.4, 0.5) is 0 Å². The van der Waals surface area contributed by atoms with Gasteiger partial charge in [-0.15, -0.1) is 0 Å². The summed E-state index contributed by atoms with van der Waals surface area (Å²) in [5, 5.41) is 0. The third-order valence-corrected chi connectivity index (χ3v) is 6.17. The molecule has 0 aromatic rings. The molecule has 2 nitrogen and oxygen atoms in total. The molecule has 0 N–H and O–H groups in total. The van der Waals surface area contributed by atoms with Crippen molar-refractivity contribution in [2.75, 3.05) is 0 Å². The minimum Gasteiger partial charge on any atom is -0.303 e. The molecule has 0 saturated heterocycles. The zero-order valence-corrected chi connectivity index (χ0v) is 23.3. The van der Waals surface area contributed by atoms with Crippen LogP contribution in [0.15, 0.2) is 24.3 Å². The summed E-state index contributed by atoms with van der Waals surface area (Å²) in [5.41, 5.74) is 0. The van der Waals surface area contributed by atoms with E-state index in [0.29, 0.717) is 0 Å². The van der Waals surface area contributed by atoms with Gasteiger partial charge in [0.05, 0.1) is 0 Å². The second-order valence-electron chi connectivity index (χ2n) is 9.67. The van der Waals surface area contributed by atoms with Gasteiger partial charge in [-0.05, 0) is 64.2 Å². The Morgan fingerprint density at radius 3 is 0.882 bits per heavy atom. The Balaban J connectivity index is 0. The maximum absolute atomic E-state index is 10.1. The van der Waals surface area contributed by atoms with Gasteiger partial charge in [0.2, 0.25) is 0 Å². The monoisotopic (exact) mass is 476 g/mol. The Hall–Kier alpha value is -1.18. The van der Waals surface area contributed by atoms with Crippen LogP contribution in [-0.2, 0) is 9.59 Å². The van der Waals surface area contributed by atoms with E-state index in [-0.39, 0.29) is 0 Å². The zero-order chi connectivity index (χ0) is 25.2. The molecule has 0 saturated carbocycles. The van der Waals surface area contributed by atoms with Crippen LogP contribution in [-0.4, -0.2) is 12.6 Å². The molecule has 0 atom stereocenters. The first-order chi connectivity index (χ1) is 16.8. The molecule has 0 aromatic carbocycles. The Bertz CT molecular complexity index is 425. The quantitative estimate of drug-likeness (QED) is 0.0706. The van der Waals surface area contributed by atoms with Gasteiger partial charge in [0.25, 0.3) is 0 Å². The molecular weight excluding hydrogens is 416 g/mol. The molecule has 34 heavy (non-hydrogen) atoms. The highest BCUT2D eigenvalue weighted by Crippen LogP contribution is 2.09. The van der Waals surface area contributed by atoms with Crippen LogP contribution in [0.5, 0.6) is 0 Å². The zero-order valence-electron chi connectivity index (χ0n) is 23.3. The maximum atomic E-state index is 10.1. The van der Waals surface area contributed by atoms with Gasteiger partial charge in [-0.3, -0.25) is 0 Å². The molecule has 0 fully saturated rings. The lowest BCUT2D eigenvalue weighted by molar-refractivity contribution is -0.108. The summed E-state index contributed by atoms with van der Waals surface area (Å²) in [4.78, 5) is 20.2. The number of hydrogen-bond acceptors (Lipinski definition) is 2. The Morgan fingerprint density at radius 1 is 0.324 bits per heavy atom. The predicted octanol–water partition coefficient (Wildman–Crippen LogP) is 10.9. The van der Waals surface area contributed by atoms with Crippen molar-refractivity contribution in [3.63, 3.8) is 0 Å². The molecule has 2 heteroatoms. The van der Waals surface area contributed by atoms with E-state index in [9.17, 15) is 9.59 Å². The second kappa shape index (κ2) is 36.4. The molecule has 200 valence electrons. The first-order valence-corrected chi connectivity index (χ1v) is 15.0. The van der Waals surface area contributed by atoms with Gasteiger partial charge >= 0.3 is 0 Å². The highest BCUT2D eigenvalue weighted by atomic mass is 16.1. The first kappa shape index (κ1) is 35.0. The number of rotatable bonds is 26. The fraction of sp³-hybridized carbons (Fsp3) is 0.812. The third kappa shape index (κ3) is 38.1.